The molecule has 112 valence electrons. The Hall–Kier alpha value is -0.0800. The summed E-state index contributed by atoms with van der Waals surface area (Å²) < 4.78 is 6.09. The molecule has 2 fully saturated rings. The van der Waals surface area contributed by atoms with Crippen molar-refractivity contribution in [1.82, 2.24) is 5.32 Å². The van der Waals surface area contributed by atoms with Gasteiger partial charge in [-0.1, -0.05) is 57.8 Å². The molecule has 0 saturated heterocycles. The molecule has 2 nitrogen and oxygen atoms in total. The Morgan fingerprint density at radius 2 is 1.58 bits per heavy atom. The molecule has 0 heterocycles. The van der Waals surface area contributed by atoms with E-state index in [1.54, 1.807) is 0 Å². The van der Waals surface area contributed by atoms with Crippen LogP contribution in [0.4, 0.5) is 0 Å². The minimum atomic E-state index is 0.114. The van der Waals surface area contributed by atoms with Crippen LogP contribution in [0.25, 0.3) is 0 Å². The third-order valence-electron chi connectivity index (χ3n) is 5.63. The molecule has 0 aromatic carbocycles. The first-order valence-corrected chi connectivity index (χ1v) is 8.53. The molecule has 1 atom stereocenters. The van der Waals surface area contributed by atoms with E-state index in [0.29, 0.717) is 6.04 Å². The van der Waals surface area contributed by atoms with Crippen molar-refractivity contribution in [3.05, 3.63) is 0 Å². The monoisotopic (exact) mass is 267 g/mol. The largest absolute Gasteiger partial charge is 0.377 e. The lowest BCUT2D eigenvalue weighted by Crippen LogP contribution is -2.51. The van der Waals surface area contributed by atoms with Crippen molar-refractivity contribution in [2.24, 2.45) is 5.92 Å². The molecule has 2 rings (SSSR count). The van der Waals surface area contributed by atoms with Gasteiger partial charge < -0.3 is 10.1 Å². The van der Waals surface area contributed by atoms with Crippen LogP contribution in [0.5, 0.6) is 0 Å². The van der Waals surface area contributed by atoms with Crippen LogP contribution in [0.15, 0.2) is 0 Å². The maximum Gasteiger partial charge on any atom is 0.0830 e. The van der Waals surface area contributed by atoms with Gasteiger partial charge in [0.1, 0.15) is 0 Å². The van der Waals surface area contributed by atoms with Gasteiger partial charge in [-0.25, -0.2) is 0 Å². The van der Waals surface area contributed by atoms with E-state index in [4.69, 9.17) is 4.74 Å². The van der Waals surface area contributed by atoms with Crippen LogP contribution in [-0.2, 0) is 4.74 Å². The van der Waals surface area contributed by atoms with E-state index in [1.807, 2.05) is 7.11 Å². The van der Waals surface area contributed by atoms with E-state index >= 15 is 0 Å². The lowest BCUT2D eigenvalue weighted by molar-refractivity contribution is -0.0575. The molecule has 0 spiro atoms. The predicted octanol–water partition coefficient (Wildman–Crippen LogP) is 4.28. The highest BCUT2D eigenvalue weighted by atomic mass is 16.5. The first-order valence-electron chi connectivity index (χ1n) is 8.53. The molecule has 2 aliphatic carbocycles. The molecule has 2 aliphatic rings. The highest BCUT2D eigenvalue weighted by molar-refractivity contribution is 4.95. The molecule has 1 N–H and O–H groups in total. The molecule has 0 radical (unpaired) electrons. The summed E-state index contributed by atoms with van der Waals surface area (Å²) in [5.74, 6) is 0.932. The van der Waals surface area contributed by atoms with Gasteiger partial charge >= 0.3 is 0 Å². The summed E-state index contributed by atoms with van der Waals surface area (Å²) in [5, 5.41) is 3.61. The lowest BCUT2D eigenvalue weighted by Gasteiger charge is -2.41. The topological polar surface area (TPSA) is 21.3 Å². The first-order chi connectivity index (χ1) is 9.30. The number of nitrogens with one attached hydrogen (secondary N) is 1. The van der Waals surface area contributed by atoms with Crippen LogP contribution < -0.4 is 5.32 Å². The van der Waals surface area contributed by atoms with Crippen molar-refractivity contribution in [2.45, 2.75) is 88.7 Å². The summed E-state index contributed by atoms with van der Waals surface area (Å²) in [6, 6.07) is 0.554. The number of rotatable bonds is 5. The predicted molar refractivity (Wildman–Crippen MR) is 81.5 cm³/mol. The summed E-state index contributed by atoms with van der Waals surface area (Å²) in [6.45, 7) is 0. The Bertz CT molecular complexity index is 240. The Kier molecular flexibility index (Phi) is 6.15. The molecular formula is C17H33NO. The van der Waals surface area contributed by atoms with E-state index in [1.165, 1.54) is 77.0 Å². The van der Waals surface area contributed by atoms with Crippen LogP contribution >= 0.6 is 0 Å². The van der Waals surface area contributed by atoms with Crippen LogP contribution in [0.3, 0.4) is 0 Å². The average molecular weight is 267 g/mol. The van der Waals surface area contributed by atoms with Gasteiger partial charge in [0.25, 0.3) is 0 Å². The molecule has 0 aliphatic heterocycles. The van der Waals surface area contributed by atoms with E-state index < -0.39 is 0 Å². The lowest BCUT2D eigenvalue weighted by atomic mass is 9.77. The first kappa shape index (κ1) is 15.3. The summed E-state index contributed by atoms with van der Waals surface area (Å²) in [4.78, 5) is 0. The zero-order valence-electron chi connectivity index (χ0n) is 13.0. The van der Waals surface area contributed by atoms with Crippen molar-refractivity contribution in [3.8, 4) is 0 Å². The van der Waals surface area contributed by atoms with E-state index in [-0.39, 0.29) is 5.60 Å². The molecule has 0 bridgehead atoms. The molecule has 0 aromatic heterocycles. The number of ether oxygens (including phenoxy) is 1. The van der Waals surface area contributed by atoms with Crippen LogP contribution in [0.1, 0.15) is 77.0 Å². The van der Waals surface area contributed by atoms with Gasteiger partial charge in [-0.2, -0.15) is 0 Å². The van der Waals surface area contributed by atoms with Crippen LogP contribution in [-0.4, -0.2) is 25.8 Å². The van der Waals surface area contributed by atoms with Crippen molar-refractivity contribution >= 4 is 0 Å². The molecule has 0 aromatic rings. The summed E-state index contributed by atoms with van der Waals surface area (Å²) in [5.41, 5.74) is 0.114. The van der Waals surface area contributed by atoms with E-state index in [9.17, 15) is 0 Å². The van der Waals surface area contributed by atoms with Crippen LogP contribution in [0.2, 0.25) is 0 Å². The molecule has 2 heteroatoms. The number of hydrogen-bond acceptors (Lipinski definition) is 2. The smallest absolute Gasteiger partial charge is 0.0830 e. The molecule has 0 amide bonds. The fourth-order valence-electron chi connectivity index (χ4n) is 4.37. The van der Waals surface area contributed by atoms with Gasteiger partial charge in [-0.3, -0.25) is 0 Å². The zero-order chi connectivity index (χ0) is 13.6. The summed E-state index contributed by atoms with van der Waals surface area (Å²) in [7, 11) is 4.08. The standard InChI is InChI=1S/C17H33NO/c1-18-16(14-15-10-6-5-7-11-15)17(19-2)12-8-3-4-9-13-17/h15-16,18H,3-14H2,1-2H3. The van der Waals surface area contributed by atoms with Gasteiger partial charge in [0.05, 0.1) is 5.60 Å². The molecule has 2 saturated carbocycles. The Balaban J connectivity index is 1.99. The number of methoxy groups -OCH3 is 1. The third-order valence-corrected chi connectivity index (χ3v) is 5.63. The van der Waals surface area contributed by atoms with E-state index in [2.05, 4.69) is 12.4 Å². The second-order valence-electron chi connectivity index (χ2n) is 6.76. The second kappa shape index (κ2) is 7.64. The van der Waals surface area contributed by atoms with E-state index in [0.717, 1.165) is 5.92 Å². The summed E-state index contributed by atoms with van der Waals surface area (Å²) in [6.07, 6.45) is 16.5. The Labute approximate surface area is 119 Å². The number of likely N-dealkylation sites (N-methyl/N-ethyl adjacent to an activating group) is 1. The fourth-order valence-corrected chi connectivity index (χ4v) is 4.37. The highest BCUT2D eigenvalue weighted by Crippen LogP contribution is 2.37. The maximum absolute atomic E-state index is 6.09. The Morgan fingerprint density at radius 1 is 1.00 bits per heavy atom. The minimum absolute atomic E-state index is 0.114. The van der Waals surface area contributed by atoms with Crippen LogP contribution in [0, 0.1) is 5.92 Å². The number of hydrogen-bond donors (Lipinski definition) is 1. The zero-order valence-corrected chi connectivity index (χ0v) is 13.0. The average Bonchev–Trinajstić information content (AvgIpc) is 2.72. The van der Waals surface area contributed by atoms with Gasteiger partial charge in [0, 0.05) is 13.2 Å². The quantitative estimate of drug-likeness (QED) is 0.751. The summed E-state index contributed by atoms with van der Waals surface area (Å²) >= 11 is 0. The van der Waals surface area contributed by atoms with Gasteiger partial charge in [0.15, 0.2) is 0 Å². The van der Waals surface area contributed by atoms with Gasteiger partial charge in [-0.15, -0.1) is 0 Å². The second-order valence-corrected chi connectivity index (χ2v) is 6.76. The third kappa shape index (κ3) is 3.95. The van der Waals surface area contributed by atoms with Gasteiger partial charge in [0.2, 0.25) is 0 Å². The SMILES string of the molecule is CNC(CC1CCCCC1)C1(OC)CCCCCC1. The maximum atomic E-state index is 6.09. The normalized spacial score (nSPS) is 26.8. The van der Waals surface area contributed by atoms with Gasteiger partial charge in [-0.05, 0) is 32.2 Å². The molecular weight excluding hydrogens is 234 g/mol. The minimum Gasteiger partial charge on any atom is -0.377 e. The molecule has 19 heavy (non-hydrogen) atoms. The van der Waals surface area contributed by atoms with Crippen molar-refractivity contribution < 1.29 is 4.74 Å². The van der Waals surface area contributed by atoms with Crippen molar-refractivity contribution in [1.29, 1.82) is 0 Å². The molecule has 1 unspecified atom stereocenters. The fraction of sp³-hybridized carbons (Fsp3) is 1.00. The Morgan fingerprint density at radius 3 is 2.11 bits per heavy atom. The van der Waals surface area contributed by atoms with Crippen molar-refractivity contribution in [3.63, 3.8) is 0 Å². The highest BCUT2D eigenvalue weighted by Gasteiger charge is 2.39. The van der Waals surface area contributed by atoms with Crippen molar-refractivity contribution in [2.75, 3.05) is 14.2 Å².